The number of benzene rings is 1. The fourth-order valence-electron chi connectivity index (χ4n) is 2.01. The number of aryl methyl sites for hydroxylation is 1. The van der Waals surface area contributed by atoms with E-state index in [-0.39, 0.29) is 30.1 Å². The van der Waals surface area contributed by atoms with Crippen LogP contribution in [0.3, 0.4) is 0 Å². The summed E-state index contributed by atoms with van der Waals surface area (Å²) in [5, 5.41) is 10.4. The largest absolute Gasteiger partial charge is 0.489 e. The molecule has 2 rings (SSSR count). The summed E-state index contributed by atoms with van der Waals surface area (Å²) in [7, 11) is 1.75. The molecule has 0 saturated heterocycles. The van der Waals surface area contributed by atoms with Crippen LogP contribution in [-0.2, 0) is 13.0 Å². The van der Waals surface area contributed by atoms with Crippen molar-refractivity contribution in [3.63, 3.8) is 0 Å². The number of ether oxygens (including phenoxy) is 1. The Kier molecular flexibility index (Phi) is 10.1. The molecule has 0 fully saturated rings. The van der Waals surface area contributed by atoms with Crippen LogP contribution in [0.2, 0.25) is 5.02 Å². The minimum Gasteiger partial charge on any atom is -0.489 e. The van der Waals surface area contributed by atoms with Crippen molar-refractivity contribution in [2.24, 2.45) is 4.99 Å². The van der Waals surface area contributed by atoms with E-state index in [9.17, 15) is 0 Å². The van der Waals surface area contributed by atoms with Crippen molar-refractivity contribution in [1.82, 2.24) is 15.6 Å². The van der Waals surface area contributed by atoms with E-state index in [2.05, 4.69) is 32.9 Å². The van der Waals surface area contributed by atoms with Crippen molar-refractivity contribution in [2.75, 3.05) is 13.6 Å². The molecular weight excluding hydrogens is 471 g/mol. The van der Waals surface area contributed by atoms with E-state index >= 15 is 0 Å². The summed E-state index contributed by atoms with van der Waals surface area (Å²) in [5.74, 6) is 1.53. The van der Waals surface area contributed by atoms with Gasteiger partial charge in [0.1, 0.15) is 11.9 Å². The molecule has 1 unspecified atom stereocenters. The van der Waals surface area contributed by atoms with Gasteiger partial charge in [0.2, 0.25) is 0 Å². The maximum absolute atomic E-state index is 5.87. The molecule has 0 aliphatic rings. The number of guanidine groups is 1. The van der Waals surface area contributed by atoms with E-state index in [0.29, 0.717) is 18.1 Å². The summed E-state index contributed by atoms with van der Waals surface area (Å²) in [6, 6.07) is 7.35. The molecule has 0 bridgehead atoms. The Morgan fingerprint density at radius 1 is 1.32 bits per heavy atom. The molecule has 8 heteroatoms. The van der Waals surface area contributed by atoms with Gasteiger partial charge in [-0.25, -0.2) is 4.98 Å². The molecule has 0 spiro atoms. The van der Waals surface area contributed by atoms with Crippen LogP contribution in [-0.4, -0.2) is 30.6 Å². The van der Waals surface area contributed by atoms with Crippen LogP contribution in [0.1, 0.15) is 24.5 Å². The number of halogens is 2. The maximum Gasteiger partial charge on any atom is 0.191 e. The molecule has 2 N–H and O–H groups in total. The Morgan fingerprint density at radius 2 is 2.04 bits per heavy atom. The van der Waals surface area contributed by atoms with Gasteiger partial charge in [0, 0.05) is 17.5 Å². The van der Waals surface area contributed by atoms with Gasteiger partial charge >= 0.3 is 0 Å². The lowest BCUT2D eigenvalue weighted by Crippen LogP contribution is -2.41. The lowest BCUT2D eigenvalue weighted by Gasteiger charge is -2.17. The second-order valence-corrected chi connectivity index (χ2v) is 6.65. The molecule has 2 aromatic rings. The third-order valence-electron chi connectivity index (χ3n) is 3.27. The smallest absolute Gasteiger partial charge is 0.191 e. The van der Waals surface area contributed by atoms with Crippen molar-refractivity contribution in [1.29, 1.82) is 0 Å². The van der Waals surface area contributed by atoms with Crippen LogP contribution in [0.15, 0.2) is 34.6 Å². The predicted molar refractivity (Wildman–Crippen MR) is 117 cm³/mol. The molecule has 0 aliphatic heterocycles. The Hall–Kier alpha value is -1.06. The zero-order valence-electron chi connectivity index (χ0n) is 14.6. The average molecular weight is 495 g/mol. The number of rotatable bonds is 7. The summed E-state index contributed by atoms with van der Waals surface area (Å²) < 4.78 is 5.83. The van der Waals surface area contributed by atoms with Crippen LogP contribution in [0.5, 0.6) is 5.75 Å². The van der Waals surface area contributed by atoms with Crippen molar-refractivity contribution in [3.05, 3.63) is 45.4 Å². The monoisotopic (exact) mass is 494 g/mol. The van der Waals surface area contributed by atoms with E-state index in [1.807, 2.05) is 31.2 Å². The maximum atomic E-state index is 5.87. The van der Waals surface area contributed by atoms with Crippen LogP contribution < -0.4 is 15.4 Å². The van der Waals surface area contributed by atoms with Crippen LogP contribution in [0.4, 0.5) is 0 Å². The van der Waals surface area contributed by atoms with Gasteiger partial charge in [-0.05, 0) is 37.6 Å². The van der Waals surface area contributed by atoms with E-state index in [4.69, 9.17) is 16.3 Å². The molecule has 138 valence electrons. The second kappa shape index (κ2) is 11.5. The van der Waals surface area contributed by atoms with E-state index < -0.39 is 0 Å². The highest BCUT2D eigenvalue weighted by atomic mass is 127. The number of thiazole rings is 1. The first-order valence-electron chi connectivity index (χ1n) is 7.90. The molecule has 0 aliphatic carbocycles. The molecule has 1 atom stereocenters. The molecule has 25 heavy (non-hydrogen) atoms. The van der Waals surface area contributed by atoms with Gasteiger partial charge < -0.3 is 15.4 Å². The summed E-state index contributed by atoms with van der Waals surface area (Å²) in [4.78, 5) is 8.75. The van der Waals surface area contributed by atoms with Gasteiger partial charge in [-0.2, -0.15) is 0 Å². The Labute approximate surface area is 175 Å². The third kappa shape index (κ3) is 7.79. The molecule has 1 heterocycles. The molecule has 0 amide bonds. The van der Waals surface area contributed by atoms with Gasteiger partial charge in [0.05, 0.1) is 23.8 Å². The van der Waals surface area contributed by atoms with E-state index in [0.717, 1.165) is 28.8 Å². The standard InChI is InChI=1S/C17H23ClN4OS.HI/c1-4-16-22-14(11-24-16)10-21-17(19-3)20-9-12(2)23-15-7-5-13(18)6-8-15;/h5-8,11-12H,4,9-10H2,1-3H3,(H2,19,20,21);1H. The number of hydrogen-bond acceptors (Lipinski definition) is 4. The molecule has 1 aromatic carbocycles. The topological polar surface area (TPSA) is 58.5 Å². The minimum absolute atomic E-state index is 0. The highest BCUT2D eigenvalue weighted by Crippen LogP contribution is 2.16. The van der Waals surface area contributed by atoms with E-state index in [1.165, 1.54) is 0 Å². The van der Waals surface area contributed by atoms with Crippen molar-refractivity contribution >= 4 is 52.9 Å². The van der Waals surface area contributed by atoms with Crippen molar-refractivity contribution in [2.45, 2.75) is 32.9 Å². The first-order valence-corrected chi connectivity index (χ1v) is 9.16. The van der Waals surface area contributed by atoms with Crippen LogP contribution >= 0.6 is 46.9 Å². The number of hydrogen-bond donors (Lipinski definition) is 2. The van der Waals surface area contributed by atoms with Gasteiger partial charge in [-0.3, -0.25) is 4.99 Å². The molecule has 0 radical (unpaired) electrons. The van der Waals surface area contributed by atoms with Crippen molar-refractivity contribution < 1.29 is 4.74 Å². The number of nitrogens with zero attached hydrogens (tertiary/aromatic N) is 2. The Bertz CT molecular complexity index is 663. The molecule has 5 nitrogen and oxygen atoms in total. The molecular formula is C17H24ClIN4OS. The highest BCUT2D eigenvalue weighted by Gasteiger charge is 2.07. The van der Waals surface area contributed by atoms with Crippen LogP contribution in [0, 0.1) is 0 Å². The fraction of sp³-hybridized carbons (Fsp3) is 0.412. The van der Waals surface area contributed by atoms with Gasteiger partial charge in [0.25, 0.3) is 0 Å². The Morgan fingerprint density at radius 3 is 2.64 bits per heavy atom. The number of nitrogens with one attached hydrogen (secondary N) is 2. The lowest BCUT2D eigenvalue weighted by molar-refractivity contribution is 0.224. The minimum atomic E-state index is -0.00399. The summed E-state index contributed by atoms with van der Waals surface area (Å²) in [5.41, 5.74) is 1.03. The first-order chi connectivity index (χ1) is 11.6. The lowest BCUT2D eigenvalue weighted by atomic mass is 10.3. The van der Waals surface area contributed by atoms with Crippen LogP contribution in [0.25, 0.3) is 0 Å². The second-order valence-electron chi connectivity index (χ2n) is 5.28. The first kappa shape index (κ1) is 22.0. The van der Waals surface area contributed by atoms with Gasteiger partial charge in [-0.15, -0.1) is 35.3 Å². The van der Waals surface area contributed by atoms with E-state index in [1.54, 1.807) is 18.4 Å². The third-order valence-corrected chi connectivity index (χ3v) is 4.56. The predicted octanol–water partition coefficient (Wildman–Crippen LogP) is 4.11. The van der Waals surface area contributed by atoms with Crippen molar-refractivity contribution in [3.8, 4) is 5.75 Å². The van der Waals surface area contributed by atoms with Gasteiger partial charge in [-0.1, -0.05) is 18.5 Å². The highest BCUT2D eigenvalue weighted by molar-refractivity contribution is 14.0. The molecule has 0 saturated carbocycles. The summed E-state index contributed by atoms with van der Waals surface area (Å²) in [6.45, 7) is 5.41. The fourth-order valence-corrected chi connectivity index (χ4v) is 2.89. The average Bonchev–Trinajstić information content (AvgIpc) is 3.05. The quantitative estimate of drug-likeness (QED) is 0.346. The molecule has 1 aromatic heterocycles. The number of aliphatic imine (C=N–C) groups is 1. The zero-order valence-corrected chi connectivity index (χ0v) is 18.5. The summed E-state index contributed by atoms with van der Waals surface area (Å²) >= 11 is 7.56. The zero-order chi connectivity index (χ0) is 17.4. The SMILES string of the molecule is CCc1nc(CNC(=NC)NCC(C)Oc2ccc(Cl)cc2)cs1.I. The normalized spacial score (nSPS) is 12.2. The number of aromatic nitrogens is 1. The van der Waals surface area contributed by atoms with Gasteiger partial charge in [0.15, 0.2) is 5.96 Å². The summed E-state index contributed by atoms with van der Waals surface area (Å²) in [6.07, 6.45) is 0.965. The Balaban J connectivity index is 0.00000312.